The SMILES string of the molecule is CC(=O)Oc1c(C)cc(N(C)c2ccn(-c3ccccc3)n2)cc1C. The average Bonchev–Trinajstić information content (AvgIpc) is 3.08. The second-order valence-electron chi connectivity index (χ2n) is 6.02. The van der Waals surface area contributed by atoms with Crippen LogP contribution in [0.4, 0.5) is 11.5 Å². The third kappa shape index (κ3) is 3.55. The lowest BCUT2D eigenvalue weighted by Crippen LogP contribution is -2.12. The Morgan fingerprint density at radius 1 is 1.08 bits per heavy atom. The zero-order valence-electron chi connectivity index (χ0n) is 14.9. The van der Waals surface area contributed by atoms with Crippen LogP contribution in [0.2, 0.25) is 0 Å². The second-order valence-corrected chi connectivity index (χ2v) is 6.02. The van der Waals surface area contributed by atoms with Gasteiger partial charge in [-0.1, -0.05) is 18.2 Å². The van der Waals surface area contributed by atoms with Gasteiger partial charge in [0.15, 0.2) is 5.82 Å². The number of aryl methyl sites for hydroxylation is 2. The highest BCUT2D eigenvalue weighted by Crippen LogP contribution is 2.31. The van der Waals surface area contributed by atoms with Gasteiger partial charge in [0, 0.05) is 31.9 Å². The van der Waals surface area contributed by atoms with Gasteiger partial charge < -0.3 is 9.64 Å². The van der Waals surface area contributed by atoms with E-state index in [2.05, 4.69) is 5.10 Å². The molecule has 0 saturated carbocycles. The molecular weight excluding hydrogens is 314 g/mol. The van der Waals surface area contributed by atoms with Crippen molar-refractivity contribution in [1.29, 1.82) is 0 Å². The molecule has 128 valence electrons. The molecule has 0 saturated heterocycles. The quantitative estimate of drug-likeness (QED) is 0.530. The Kier molecular flexibility index (Phi) is 4.57. The van der Waals surface area contributed by atoms with Crippen LogP contribution in [-0.2, 0) is 4.79 Å². The molecule has 0 aliphatic rings. The molecule has 0 aliphatic heterocycles. The molecule has 2 aromatic carbocycles. The summed E-state index contributed by atoms with van der Waals surface area (Å²) in [5.41, 5.74) is 3.84. The smallest absolute Gasteiger partial charge is 0.308 e. The van der Waals surface area contributed by atoms with Crippen molar-refractivity contribution in [3.63, 3.8) is 0 Å². The Bertz CT molecular complexity index is 877. The van der Waals surface area contributed by atoms with E-state index < -0.39 is 0 Å². The van der Waals surface area contributed by atoms with Crippen LogP contribution in [0.3, 0.4) is 0 Å². The Balaban J connectivity index is 1.90. The molecule has 5 nitrogen and oxygen atoms in total. The van der Waals surface area contributed by atoms with Gasteiger partial charge >= 0.3 is 5.97 Å². The third-order valence-corrected chi connectivity index (χ3v) is 4.02. The summed E-state index contributed by atoms with van der Waals surface area (Å²) < 4.78 is 7.15. The maximum Gasteiger partial charge on any atom is 0.308 e. The molecule has 0 N–H and O–H groups in total. The summed E-state index contributed by atoms with van der Waals surface area (Å²) in [5, 5.41) is 4.64. The fourth-order valence-electron chi connectivity index (χ4n) is 2.78. The lowest BCUT2D eigenvalue weighted by molar-refractivity contribution is -0.131. The van der Waals surface area contributed by atoms with Gasteiger partial charge in [0.2, 0.25) is 0 Å². The Hall–Kier alpha value is -3.08. The average molecular weight is 335 g/mol. The number of benzene rings is 2. The van der Waals surface area contributed by atoms with Gasteiger partial charge in [-0.05, 0) is 49.2 Å². The Morgan fingerprint density at radius 3 is 2.32 bits per heavy atom. The zero-order chi connectivity index (χ0) is 18.0. The summed E-state index contributed by atoms with van der Waals surface area (Å²) in [6, 6.07) is 15.9. The molecule has 0 aliphatic carbocycles. The number of hydrogen-bond donors (Lipinski definition) is 0. The number of anilines is 2. The van der Waals surface area contributed by atoms with E-state index in [1.807, 2.05) is 85.2 Å². The lowest BCUT2D eigenvalue weighted by Gasteiger charge is -2.19. The summed E-state index contributed by atoms with van der Waals surface area (Å²) >= 11 is 0. The molecule has 3 rings (SSSR count). The minimum absolute atomic E-state index is 0.311. The van der Waals surface area contributed by atoms with Crippen LogP contribution in [0.25, 0.3) is 5.69 Å². The van der Waals surface area contributed by atoms with E-state index in [4.69, 9.17) is 4.74 Å². The number of hydrogen-bond acceptors (Lipinski definition) is 4. The highest BCUT2D eigenvalue weighted by atomic mass is 16.5. The van der Waals surface area contributed by atoms with Crippen LogP contribution in [-0.4, -0.2) is 22.8 Å². The van der Waals surface area contributed by atoms with Gasteiger partial charge in [-0.3, -0.25) is 4.79 Å². The number of aromatic nitrogens is 2. The van der Waals surface area contributed by atoms with Gasteiger partial charge in [-0.25, -0.2) is 4.68 Å². The van der Waals surface area contributed by atoms with Crippen molar-refractivity contribution in [2.24, 2.45) is 0 Å². The highest BCUT2D eigenvalue weighted by Gasteiger charge is 2.13. The van der Waals surface area contributed by atoms with E-state index in [1.54, 1.807) is 0 Å². The highest BCUT2D eigenvalue weighted by molar-refractivity contribution is 5.72. The van der Waals surface area contributed by atoms with Gasteiger partial charge in [0.05, 0.1) is 5.69 Å². The summed E-state index contributed by atoms with van der Waals surface area (Å²) in [7, 11) is 1.97. The van der Waals surface area contributed by atoms with Crippen LogP contribution in [0, 0.1) is 13.8 Å². The standard InChI is InChI=1S/C20H21N3O2/c1-14-12-18(13-15(2)20(14)25-16(3)24)22(4)19-10-11-23(21-19)17-8-6-5-7-9-17/h5-13H,1-4H3. The van der Waals surface area contributed by atoms with Crippen molar-refractivity contribution >= 4 is 17.5 Å². The van der Waals surface area contributed by atoms with Gasteiger partial charge in [0.25, 0.3) is 0 Å². The molecule has 0 bridgehead atoms. The fourth-order valence-corrected chi connectivity index (χ4v) is 2.78. The van der Waals surface area contributed by atoms with Crippen LogP contribution < -0.4 is 9.64 Å². The predicted molar refractivity (Wildman–Crippen MR) is 98.9 cm³/mol. The molecular formula is C20H21N3O2. The minimum Gasteiger partial charge on any atom is -0.426 e. The number of nitrogens with zero attached hydrogens (tertiary/aromatic N) is 3. The van der Waals surface area contributed by atoms with Crippen LogP contribution in [0.15, 0.2) is 54.7 Å². The van der Waals surface area contributed by atoms with Gasteiger partial charge in [-0.2, -0.15) is 0 Å². The predicted octanol–water partition coefficient (Wildman–Crippen LogP) is 4.18. The molecule has 5 heteroatoms. The number of para-hydroxylation sites is 1. The Morgan fingerprint density at radius 2 is 1.72 bits per heavy atom. The molecule has 0 radical (unpaired) electrons. The van der Waals surface area contributed by atoms with Crippen molar-refractivity contribution in [2.45, 2.75) is 20.8 Å². The van der Waals surface area contributed by atoms with E-state index in [0.29, 0.717) is 5.75 Å². The lowest BCUT2D eigenvalue weighted by atomic mass is 10.1. The molecule has 0 atom stereocenters. The summed E-state index contributed by atoms with van der Waals surface area (Å²) in [6.07, 6.45) is 1.94. The number of ether oxygens (including phenoxy) is 1. The van der Waals surface area contributed by atoms with E-state index in [1.165, 1.54) is 6.92 Å². The molecule has 0 spiro atoms. The number of rotatable bonds is 4. The number of carbonyl (C=O) groups excluding carboxylic acids is 1. The first-order valence-electron chi connectivity index (χ1n) is 8.10. The monoisotopic (exact) mass is 335 g/mol. The van der Waals surface area contributed by atoms with E-state index >= 15 is 0 Å². The van der Waals surface area contributed by atoms with E-state index in [-0.39, 0.29) is 5.97 Å². The third-order valence-electron chi connectivity index (χ3n) is 4.02. The molecule has 1 aromatic heterocycles. The summed E-state index contributed by atoms with van der Waals surface area (Å²) in [5.74, 6) is 1.15. The second kappa shape index (κ2) is 6.81. The first kappa shape index (κ1) is 16.8. The van der Waals surface area contributed by atoms with Crippen LogP contribution >= 0.6 is 0 Å². The zero-order valence-corrected chi connectivity index (χ0v) is 14.9. The van der Waals surface area contributed by atoms with E-state index in [9.17, 15) is 4.79 Å². The van der Waals surface area contributed by atoms with Crippen molar-refractivity contribution in [3.05, 3.63) is 65.9 Å². The van der Waals surface area contributed by atoms with E-state index in [0.717, 1.165) is 28.3 Å². The summed E-state index contributed by atoms with van der Waals surface area (Å²) in [6.45, 7) is 5.28. The number of esters is 1. The largest absolute Gasteiger partial charge is 0.426 e. The fraction of sp³-hybridized carbons (Fsp3) is 0.200. The summed E-state index contributed by atoms with van der Waals surface area (Å²) in [4.78, 5) is 13.3. The molecule has 25 heavy (non-hydrogen) atoms. The number of carbonyl (C=O) groups is 1. The molecule has 0 amide bonds. The normalized spacial score (nSPS) is 10.6. The topological polar surface area (TPSA) is 47.4 Å². The van der Waals surface area contributed by atoms with Gasteiger partial charge in [-0.15, -0.1) is 5.10 Å². The van der Waals surface area contributed by atoms with Gasteiger partial charge in [0.1, 0.15) is 5.75 Å². The van der Waals surface area contributed by atoms with Crippen molar-refractivity contribution in [2.75, 3.05) is 11.9 Å². The van der Waals surface area contributed by atoms with Crippen molar-refractivity contribution < 1.29 is 9.53 Å². The van der Waals surface area contributed by atoms with Crippen LogP contribution in [0.5, 0.6) is 5.75 Å². The van der Waals surface area contributed by atoms with Crippen LogP contribution in [0.1, 0.15) is 18.1 Å². The first-order valence-corrected chi connectivity index (χ1v) is 8.10. The maximum atomic E-state index is 11.2. The molecule has 0 unspecified atom stereocenters. The molecule has 1 heterocycles. The maximum absolute atomic E-state index is 11.2. The molecule has 0 fully saturated rings. The first-order chi connectivity index (χ1) is 12.0. The Labute approximate surface area is 147 Å². The van der Waals surface area contributed by atoms with Crippen molar-refractivity contribution in [3.8, 4) is 11.4 Å². The van der Waals surface area contributed by atoms with Crippen molar-refractivity contribution in [1.82, 2.24) is 9.78 Å². The molecule has 3 aromatic rings. The minimum atomic E-state index is -0.311.